The van der Waals surface area contributed by atoms with Crippen molar-refractivity contribution in [3.05, 3.63) is 42.5 Å². The molecule has 0 bridgehead atoms. The lowest BCUT2D eigenvalue weighted by molar-refractivity contribution is 0.344. The van der Waals surface area contributed by atoms with Crippen LogP contribution in [0, 0.1) is 0 Å². The van der Waals surface area contributed by atoms with Gasteiger partial charge in [-0.1, -0.05) is 36.9 Å². The molecule has 2 nitrogen and oxygen atoms in total. The van der Waals surface area contributed by atoms with Crippen LogP contribution in [-0.2, 0) is 4.74 Å². The molecule has 0 radical (unpaired) electrons. The molecule has 0 aliphatic rings. The van der Waals surface area contributed by atoms with E-state index >= 15 is 0 Å². The third kappa shape index (κ3) is 3.11. The highest BCUT2D eigenvalue weighted by Crippen LogP contribution is 2.11. The molecule has 1 rings (SSSR count). The average molecular weight is 175 g/mol. The van der Waals surface area contributed by atoms with Crippen molar-refractivity contribution >= 4 is 12.1 Å². The first-order chi connectivity index (χ1) is 6.34. The van der Waals surface area contributed by atoms with Crippen LogP contribution >= 0.6 is 0 Å². The molecule has 0 N–H and O–H groups in total. The monoisotopic (exact) mass is 175 g/mol. The molecule has 1 aromatic rings. The summed E-state index contributed by atoms with van der Waals surface area (Å²) in [5.41, 5.74) is 1.73. The summed E-state index contributed by atoms with van der Waals surface area (Å²) in [6.07, 6.45) is 1.43. The quantitative estimate of drug-likeness (QED) is 0.509. The zero-order valence-electron chi connectivity index (χ0n) is 7.73. The number of hydrogen-bond donors (Lipinski definition) is 0. The van der Waals surface area contributed by atoms with Gasteiger partial charge in [0.05, 0.1) is 12.3 Å². The van der Waals surface area contributed by atoms with Gasteiger partial charge in [0.2, 0.25) is 0 Å². The Morgan fingerprint density at radius 2 is 2.15 bits per heavy atom. The summed E-state index contributed by atoms with van der Waals surface area (Å²) in [7, 11) is 0. The van der Waals surface area contributed by atoms with Crippen molar-refractivity contribution < 1.29 is 4.74 Å². The fraction of sp³-hybridized carbons (Fsp3) is 0.182. The normalized spacial score (nSPS) is 10.2. The Kier molecular flexibility index (Phi) is 3.76. The van der Waals surface area contributed by atoms with Gasteiger partial charge in [-0.25, -0.2) is 4.99 Å². The molecule has 0 aliphatic carbocycles. The van der Waals surface area contributed by atoms with Crippen LogP contribution in [0.5, 0.6) is 0 Å². The van der Waals surface area contributed by atoms with E-state index in [1.807, 2.05) is 37.3 Å². The molecule has 0 aromatic heterocycles. The van der Waals surface area contributed by atoms with Crippen molar-refractivity contribution in [2.24, 2.45) is 4.99 Å². The van der Waals surface area contributed by atoms with Crippen LogP contribution in [0.1, 0.15) is 12.5 Å². The van der Waals surface area contributed by atoms with Crippen LogP contribution in [0.25, 0.3) is 5.70 Å². The lowest BCUT2D eigenvalue weighted by Gasteiger charge is -1.98. The van der Waals surface area contributed by atoms with Gasteiger partial charge >= 0.3 is 0 Å². The maximum absolute atomic E-state index is 4.97. The highest BCUT2D eigenvalue weighted by atomic mass is 16.5. The summed E-state index contributed by atoms with van der Waals surface area (Å²) >= 11 is 0. The van der Waals surface area contributed by atoms with E-state index in [-0.39, 0.29) is 0 Å². The van der Waals surface area contributed by atoms with Gasteiger partial charge in [-0.15, -0.1) is 0 Å². The van der Waals surface area contributed by atoms with E-state index in [2.05, 4.69) is 11.6 Å². The summed E-state index contributed by atoms with van der Waals surface area (Å²) in [4.78, 5) is 4.04. The van der Waals surface area contributed by atoms with Crippen molar-refractivity contribution in [2.45, 2.75) is 6.92 Å². The van der Waals surface area contributed by atoms with Crippen molar-refractivity contribution in [2.75, 3.05) is 6.61 Å². The lowest BCUT2D eigenvalue weighted by Crippen LogP contribution is -1.86. The number of hydrogen-bond acceptors (Lipinski definition) is 2. The van der Waals surface area contributed by atoms with E-state index in [1.54, 1.807) is 0 Å². The molecule has 68 valence electrons. The van der Waals surface area contributed by atoms with E-state index in [0.717, 1.165) is 5.56 Å². The molecule has 0 amide bonds. The fourth-order valence-corrected chi connectivity index (χ4v) is 0.880. The third-order valence-corrected chi connectivity index (χ3v) is 1.56. The zero-order chi connectivity index (χ0) is 9.52. The number of aliphatic imine (C=N–C) groups is 1. The smallest absolute Gasteiger partial charge is 0.174 e. The first-order valence-corrected chi connectivity index (χ1v) is 4.23. The predicted molar refractivity (Wildman–Crippen MR) is 55.6 cm³/mol. The van der Waals surface area contributed by atoms with Crippen LogP contribution < -0.4 is 0 Å². The zero-order valence-corrected chi connectivity index (χ0v) is 7.73. The molecular weight excluding hydrogens is 162 g/mol. The van der Waals surface area contributed by atoms with Gasteiger partial charge in [0.15, 0.2) is 6.40 Å². The van der Waals surface area contributed by atoms with E-state index in [4.69, 9.17) is 4.74 Å². The standard InChI is InChI=1S/C11H13NO/c1-3-13-9-12-10(2)11-7-5-4-6-8-11/h4-9H,2-3H2,1H3. The Balaban J connectivity index is 2.59. The first kappa shape index (κ1) is 9.52. The average Bonchev–Trinajstić information content (AvgIpc) is 2.19. The number of ether oxygens (including phenoxy) is 1. The van der Waals surface area contributed by atoms with Gasteiger partial charge in [-0.05, 0) is 12.5 Å². The molecule has 0 atom stereocenters. The van der Waals surface area contributed by atoms with Crippen LogP contribution in [0.15, 0.2) is 41.9 Å². The molecular formula is C11H13NO. The van der Waals surface area contributed by atoms with Gasteiger partial charge in [0.1, 0.15) is 0 Å². The molecule has 2 heteroatoms. The van der Waals surface area contributed by atoms with E-state index in [9.17, 15) is 0 Å². The van der Waals surface area contributed by atoms with Gasteiger partial charge in [0, 0.05) is 0 Å². The molecule has 0 unspecified atom stereocenters. The Labute approximate surface area is 78.6 Å². The first-order valence-electron chi connectivity index (χ1n) is 4.23. The molecule has 0 saturated heterocycles. The summed E-state index contributed by atoms with van der Waals surface area (Å²) in [6.45, 7) is 6.36. The molecule has 13 heavy (non-hydrogen) atoms. The van der Waals surface area contributed by atoms with E-state index in [0.29, 0.717) is 12.3 Å². The van der Waals surface area contributed by atoms with Crippen LogP contribution in [0.4, 0.5) is 0 Å². The maximum atomic E-state index is 4.97. The maximum Gasteiger partial charge on any atom is 0.174 e. The van der Waals surface area contributed by atoms with Crippen molar-refractivity contribution in [1.29, 1.82) is 0 Å². The Morgan fingerprint density at radius 3 is 2.77 bits per heavy atom. The second-order valence-corrected chi connectivity index (χ2v) is 2.50. The van der Waals surface area contributed by atoms with Crippen LogP contribution in [0.2, 0.25) is 0 Å². The van der Waals surface area contributed by atoms with Gasteiger partial charge in [-0.2, -0.15) is 0 Å². The molecule has 0 spiro atoms. The minimum Gasteiger partial charge on any atom is -0.483 e. The topological polar surface area (TPSA) is 21.6 Å². The summed E-state index contributed by atoms with van der Waals surface area (Å²) in [5, 5.41) is 0. The Bertz CT molecular complexity index is 290. The molecule has 1 aromatic carbocycles. The minimum absolute atomic E-state index is 0.631. The Hall–Kier alpha value is -1.57. The number of rotatable bonds is 4. The van der Waals surface area contributed by atoms with Crippen LogP contribution in [0.3, 0.4) is 0 Å². The molecule has 0 fully saturated rings. The minimum atomic E-state index is 0.631. The van der Waals surface area contributed by atoms with E-state index < -0.39 is 0 Å². The van der Waals surface area contributed by atoms with Crippen molar-refractivity contribution in [1.82, 2.24) is 0 Å². The van der Waals surface area contributed by atoms with Gasteiger partial charge in [-0.3, -0.25) is 0 Å². The second kappa shape index (κ2) is 5.14. The SMILES string of the molecule is C=C(N=COCC)c1ccccc1. The highest BCUT2D eigenvalue weighted by Gasteiger charge is 1.92. The van der Waals surface area contributed by atoms with E-state index in [1.165, 1.54) is 6.40 Å². The highest BCUT2D eigenvalue weighted by molar-refractivity contribution is 5.69. The number of benzene rings is 1. The Morgan fingerprint density at radius 1 is 1.46 bits per heavy atom. The lowest BCUT2D eigenvalue weighted by atomic mass is 10.2. The second-order valence-electron chi connectivity index (χ2n) is 2.50. The molecule has 0 aliphatic heterocycles. The fourth-order valence-electron chi connectivity index (χ4n) is 0.880. The molecule has 0 saturated carbocycles. The third-order valence-electron chi connectivity index (χ3n) is 1.56. The van der Waals surface area contributed by atoms with Crippen LogP contribution in [-0.4, -0.2) is 13.0 Å². The number of nitrogens with zero attached hydrogens (tertiary/aromatic N) is 1. The summed E-state index contributed by atoms with van der Waals surface area (Å²) in [6, 6.07) is 9.80. The van der Waals surface area contributed by atoms with Crippen molar-refractivity contribution in [3.63, 3.8) is 0 Å². The largest absolute Gasteiger partial charge is 0.483 e. The van der Waals surface area contributed by atoms with Gasteiger partial charge in [0.25, 0.3) is 0 Å². The summed E-state index contributed by atoms with van der Waals surface area (Å²) < 4.78 is 4.97. The van der Waals surface area contributed by atoms with Gasteiger partial charge < -0.3 is 4.74 Å². The summed E-state index contributed by atoms with van der Waals surface area (Å²) in [5.74, 6) is 0. The predicted octanol–water partition coefficient (Wildman–Crippen LogP) is 2.72. The van der Waals surface area contributed by atoms with Crippen molar-refractivity contribution in [3.8, 4) is 0 Å². The molecule has 0 heterocycles.